The number of likely N-dealkylation sites (tertiary alicyclic amines) is 1. The molecule has 2 aliphatic rings. The van der Waals surface area contributed by atoms with Crippen LogP contribution in [0.4, 0.5) is 4.79 Å². The molecular weight excluding hydrogens is 302 g/mol. The molecule has 132 valence electrons. The summed E-state index contributed by atoms with van der Waals surface area (Å²) in [5, 5.41) is 0. The standard InChI is InChI=1S/C19H29N3O2/c1-21(2)19(23)24-18-7-5-6-14-15-10-13-22(12-4-3-11-20)17(15)9-8-16(14)18/h5-7,15,17H,3-4,8-13,20H2,1-2H3/t15-,17+/m0/s1. The molecule has 1 saturated heterocycles. The number of fused-ring (bicyclic) bond motifs is 3. The van der Waals surface area contributed by atoms with Gasteiger partial charge in [0.05, 0.1) is 0 Å². The summed E-state index contributed by atoms with van der Waals surface area (Å²) < 4.78 is 5.59. The highest BCUT2D eigenvalue weighted by atomic mass is 16.6. The Morgan fingerprint density at radius 2 is 2.17 bits per heavy atom. The van der Waals surface area contributed by atoms with Gasteiger partial charge in [-0.25, -0.2) is 4.79 Å². The van der Waals surface area contributed by atoms with Gasteiger partial charge in [-0.1, -0.05) is 12.1 Å². The molecule has 1 aromatic rings. The molecule has 1 amide bonds. The van der Waals surface area contributed by atoms with Crippen LogP contribution in [-0.2, 0) is 6.42 Å². The van der Waals surface area contributed by atoms with Crippen molar-refractivity contribution in [2.24, 2.45) is 5.73 Å². The van der Waals surface area contributed by atoms with Gasteiger partial charge in [0.15, 0.2) is 0 Å². The molecule has 2 N–H and O–H groups in total. The monoisotopic (exact) mass is 331 g/mol. The van der Waals surface area contributed by atoms with Crippen LogP contribution in [0.3, 0.4) is 0 Å². The first kappa shape index (κ1) is 17.2. The molecule has 0 saturated carbocycles. The molecule has 0 bridgehead atoms. The van der Waals surface area contributed by atoms with Crippen molar-refractivity contribution < 1.29 is 9.53 Å². The van der Waals surface area contributed by atoms with Gasteiger partial charge in [-0.3, -0.25) is 4.90 Å². The number of unbranched alkanes of at least 4 members (excludes halogenated alkanes) is 1. The van der Waals surface area contributed by atoms with Gasteiger partial charge in [0.2, 0.25) is 0 Å². The molecule has 0 spiro atoms. The molecule has 2 atom stereocenters. The smallest absolute Gasteiger partial charge is 0.410 e. The number of rotatable bonds is 5. The number of hydrogen-bond acceptors (Lipinski definition) is 4. The topological polar surface area (TPSA) is 58.8 Å². The van der Waals surface area contributed by atoms with Crippen LogP contribution in [0.25, 0.3) is 0 Å². The Bertz CT molecular complexity index is 588. The third-order valence-electron chi connectivity index (χ3n) is 5.38. The summed E-state index contributed by atoms with van der Waals surface area (Å²) in [7, 11) is 3.42. The average Bonchev–Trinajstić information content (AvgIpc) is 2.99. The van der Waals surface area contributed by atoms with Gasteiger partial charge in [0.1, 0.15) is 5.75 Å². The van der Waals surface area contributed by atoms with Crippen LogP contribution in [-0.4, -0.2) is 55.7 Å². The second-order valence-electron chi connectivity index (χ2n) is 7.12. The van der Waals surface area contributed by atoms with Crippen LogP contribution < -0.4 is 10.5 Å². The summed E-state index contributed by atoms with van der Waals surface area (Å²) in [6.07, 6.45) is 5.32. The predicted octanol–water partition coefficient (Wildman–Crippen LogP) is 2.59. The van der Waals surface area contributed by atoms with Gasteiger partial charge >= 0.3 is 6.09 Å². The van der Waals surface area contributed by atoms with E-state index in [2.05, 4.69) is 11.0 Å². The quantitative estimate of drug-likeness (QED) is 0.843. The van der Waals surface area contributed by atoms with Gasteiger partial charge in [-0.15, -0.1) is 0 Å². The van der Waals surface area contributed by atoms with Crippen LogP contribution in [0, 0.1) is 0 Å². The normalized spacial score (nSPS) is 22.8. The molecule has 1 aromatic carbocycles. The Labute approximate surface area is 144 Å². The molecule has 1 fully saturated rings. The molecule has 5 nitrogen and oxygen atoms in total. The van der Waals surface area contributed by atoms with E-state index in [0.717, 1.165) is 38.1 Å². The van der Waals surface area contributed by atoms with E-state index in [1.165, 1.54) is 35.4 Å². The zero-order valence-corrected chi connectivity index (χ0v) is 14.8. The minimum atomic E-state index is -0.305. The van der Waals surface area contributed by atoms with E-state index < -0.39 is 0 Å². The first-order chi connectivity index (χ1) is 11.6. The Morgan fingerprint density at radius 1 is 1.33 bits per heavy atom. The molecular formula is C19H29N3O2. The summed E-state index contributed by atoms with van der Waals surface area (Å²) in [5.74, 6) is 1.32. The summed E-state index contributed by atoms with van der Waals surface area (Å²) >= 11 is 0. The zero-order chi connectivity index (χ0) is 17.1. The van der Waals surface area contributed by atoms with E-state index in [4.69, 9.17) is 10.5 Å². The van der Waals surface area contributed by atoms with Crippen molar-refractivity contribution in [1.29, 1.82) is 0 Å². The van der Waals surface area contributed by atoms with Crippen molar-refractivity contribution >= 4 is 6.09 Å². The lowest BCUT2D eigenvalue weighted by molar-refractivity contribution is 0.170. The maximum Gasteiger partial charge on any atom is 0.414 e. The lowest BCUT2D eigenvalue weighted by Gasteiger charge is -2.34. The molecule has 24 heavy (non-hydrogen) atoms. The fourth-order valence-electron chi connectivity index (χ4n) is 4.17. The van der Waals surface area contributed by atoms with E-state index in [9.17, 15) is 4.79 Å². The van der Waals surface area contributed by atoms with Crippen molar-refractivity contribution in [2.45, 2.75) is 44.1 Å². The van der Waals surface area contributed by atoms with E-state index >= 15 is 0 Å². The van der Waals surface area contributed by atoms with Gasteiger partial charge in [-0.2, -0.15) is 0 Å². The lowest BCUT2D eigenvalue weighted by atomic mass is 9.79. The summed E-state index contributed by atoms with van der Waals surface area (Å²) in [6.45, 7) is 3.11. The highest BCUT2D eigenvalue weighted by molar-refractivity contribution is 5.70. The maximum absolute atomic E-state index is 11.9. The van der Waals surface area contributed by atoms with Crippen LogP contribution in [0.2, 0.25) is 0 Å². The third kappa shape index (κ3) is 3.42. The van der Waals surface area contributed by atoms with Crippen LogP contribution in [0.15, 0.2) is 18.2 Å². The van der Waals surface area contributed by atoms with Crippen molar-refractivity contribution in [2.75, 3.05) is 33.7 Å². The minimum absolute atomic E-state index is 0.305. The predicted molar refractivity (Wildman–Crippen MR) is 95.5 cm³/mol. The third-order valence-corrected chi connectivity index (χ3v) is 5.38. The highest BCUT2D eigenvalue weighted by Crippen LogP contribution is 2.44. The highest BCUT2D eigenvalue weighted by Gasteiger charge is 2.39. The fraction of sp³-hybridized carbons (Fsp3) is 0.632. The van der Waals surface area contributed by atoms with Crippen molar-refractivity contribution in [1.82, 2.24) is 9.80 Å². The molecule has 3 rings (SSSR count). The van der Waals surface area contributed by atoms with Crippen LogP contribution >= 0.6 is 0 Å². The Balaban J connectivity index is 1.75. The largest absolute Gasteiger partial charge is 0.414 e. The van der Waals surface area contributed by atoms with E-state index in [0.29, 0.717) is 12.0 Å². The molecule has 5 heteroatoms. The number of carbonyl (C=O) groups excluding carboxylic acids is 1. The summed E-state index contributed by atoms with van der Waals surface area (Å²) in [6, 6.07) is 6.81. The number of carbonyl (C=O) groups is 1. The molecule has 1 aliphatic heterocycles. The first-order valence-corrected chi connectivity index (χ1v) is 9.07. The molecule has 1 heterocycles. The second-order valence-corrected chi connectivity index (χ2v) is 7.12. The van der Waals surface area contributed by atoms with Crippen molar-refractivity contribution in [3.05, 3.63) is 29.3 Å². The molecule has 1 aliphatic carbocycles. The number of nitrogens with zero attached hydrogens (tertiary/aromatic N) is 2. The van der Waals surface area contributed by atoms with Crippen molar-refractivity contribution in [3.63, 3.8) is 0 Å². The summed E-state index contributed by atoms with van der Waals surface area (Å²) in [5.41, 5.74) is 8.24. The SMILES string of the molecule is CN(C)C(=O)Oc1cccc2c1CC[C@@H]1[C@H]2CCN1CCCCN. The number of hydrogen-bond donors (Lipinski definition) is 1. The van der Waals surface area contributed by atoms with E-state index in [1.807, 2.05) is 12.1 Å². The Kier molecular flexibility index (Phi) is 5.41. The minimum Gasteiger partial charge on any atom is -0.410 e. The van der Waals surface area contributed by atoms with Crippen LogP contribution in [0.1, 0.15) is 42.7 Å². The van der Waals surface area contributed by atoms with Crippen molar-refractivity contribution in [3.8, 4) is 5.75 Å². The number of nitrogens with two attached hydrogens (primary N) is 1. The second kappa shape index (κ2) is 7.53. The van der Waals surface area contributed by atoms with Crippen LogP contribution in [0.5, 0.6) is 5.75 Å². The molecule has 0 radical (unpaired) electrons. The van der Waals surface area contributed by atoms with Gasteiger partial charge in [-0.05, 0) is 68.9 Å². The average molecular weight is 331 g/mol. The zero-order valence-electron chi connectivity index (χ0n) is 14.8. The number of benzene rings is 1. The molecule has 0 aromatic heterocycles. The number of amides is 1. The van der Waals surface area contributed by atoms with Gasteiger partial charge < -0.3 is 15.4 Å². The fourth-order valence-corrected chi connectivity index (χ4v) is 4.17. The van der Waals surface area contributed by atoms with E-state index in [1.54, 1.807) is 14.1 Å². The lowest BCUT2D eigenvalue weighted by Crippen LogP contribution is -2.36. The Morgan fingerprint density at radius 3 is 2.92 bits per heavy atom. The summed E-state index contributed by atoms with van der Waals surface area (Å²) in [4.78, 5) is 16.0. The van der Waals surface area contributed by atoms with Gasteiger partial charge in [0.25, 0.3) is 0 Å². The van der Waals surface area contributed by atoms with Gasteiger partial charge in [0, 0.05) is 26.1 Å². The maximum atomic E-state index is 11.9. The number of ether oxygens (including phenoxy) is 1. The first-order valence-electron chi connectivity index (χ1n) is 9.07. The Hall–Kier alpha value is -1.59. The molecule has 0 unspecified atom stereocenters. The van der Waals surface area contributed by atoms with E-state index in [-0.39, 0.29) is 6.09 Å².